The maximum Gasteiger partial charge on any atom is 0.0630 e. The molecule has 3 nitrogen and oxygen atoms in total. The normalized spacial score (nSPS) is 10.2. The summed E-state index contributed by atoms with van der Waals surface area (Å²) in [5.74, 6) is 0. The molecule has 78 valence electrons. The fourth-order valence-electron chi connectivity index (χ4n) is 1.66. The van der Waals surface area contributed by atoms with Crippen LogP contribution in [0.25, 0.3) is 0 Å². The standard InChI is InChI=1S/C11H18N2O/c1-3-13(7-8-14)11-9(2)5-4-6-10(11)12/h4-6,14H,3,7-8,12H2,1-2H3. The van der Waals surface area contributed by atoms with Crippen molar-refractivity contribution in [3.63, 3.8) is 0 Å². The largest absolute Gasteiger partial charge is 0.397 e. The molecule has 0 aliphatic heterocycles. The number of nitrogens with zero attached hydrogens (tertiary/aromatic N) is 1. The Labute approximate surface area is 85.2 Å². The Balaban J connectivity index is 3.02. The molecule has 14 heavy (non-hydrogen) atoms. The number of aryl methyl sites for hydroxylation is 1. The van der Waals surface area contributed by atoms with E-state index in [9.17, 15) is 0 Å². The van der Waals surface area contributed by atoms with Gasteiger partial charge in [0.2, 0.25) is 0 Å². The third kappa shape index (κ3) is 2.17. The van der Waals surface area contributed by atoms with Crippen LogP contribution in [-0.4, -0.2) is 24.8 Å². The summed E-state index contributed by atoms with van der Waals surface area (Å²) in [6.07, 6.45) is 0. The van der Waals surface area contributed by atoms with E-state index in [0.717, 1.165) is 23.5 Å². The minimum atomic E-state index is 0.154. The number of benzene rings is 1. The van der Waals surface area contributed by atoms with Crippen LogP contribution in [0.3, 0.4) is 0 Å². The fraction of sp³-hybridized carbons (Fsp3) is 0.455. The molecule has 0 fully saturated rings. The number of nitrogens with two attached hydrogens (primary N) is 1. The second kappa shape index (κ2) is 4.86. The summed E-state index contributed by atoms with van der Waals surface area (Å²) in [5, 5.41) is 8.93. The van der Waals surface area contributed by atoms with Crippen molar-refractivity contribution in [3.05, 3.63) is 23.8 Å². The van der Waals surface area contributed by atoms with Gasteiger partial charge >= 0.3 is 0 Å². The Kier molecular flexibility index (Phi) is 3.77. The number of nitrogen functional groups attached to an aromatic ring is 1. The number of para-hydroxylation sites is 1. The van der Waals surface area contributed by atoms with E-state index in [1.165, 1.54) is 0 Å². The van der Waals surface area contributed by atoms with E-state index in [-0.39, 0.29) is 6.61 Å². The van der Waals surface area contributed by atoms with Gasteiger partial charge in [0.25, 0.3) is 0 Å². The van der Waals surface area contributed by atoms with Gasteiger partial charge in [-0.25, -0.2) is 0 Å². The SMILES string of the molecule is CCN(CCO)c1c(C)cccc1N. The maximum atomic E-state index is 8.93. The molecule has 0 saturated heterocycles. The van der Waals surface area contributed by atoms with Crippen molar-refractivity contribution >= 4 is 11.4 Å². The lowest BCUT2D eigenvalue weighted by molar-refractivity contribution is 0.302. The van der Waals surface area contributed by atoms with E-state index in [1.54, 1.807) is 0 Å². The van der Waals surface area contributed by atoms with E-state index >= 15 is 0 Å². The zero-order valence-electron chi connectivity index (χ0n) is 8.83. The predicted molar refractivity (Wildman–Crippen MR) is 60.6 cm³/mol. The molecule has 0 radical (unpaired) electrons. The summed E-state index contributed by atoms with van der Waals surface area (Å²) in [7, 11) is 0. The molecule has 0 aromatic heterocycles. The number of aliphatic hydroxyl groups excluding tert-OH is 1. The molecule has 0 amide bonds. The molecule has 0 heterocycles. The van der Waals surface area contributed by atoms with Gasteiger partial charge in [-0.1, -0.05) is 12.1 Å². The Morgan fingerprint density at radius 1 is 1.43 bits per heavy atom. The summed E-state index contributed by atoms with van der Waals surface area (Å²) < 4.78 is 0. The molecule has 0 atom stereocenters. The van der Waals surface area contributed by atoms with Gasteiger partial charge < -0.3 is 15.7 Å². The van der Waals surface area contributed by atoms with Gasteiger partial charge in [0.15, 0.2) is 0 Å². The van der Waals surface area contributed by atoms with Crippen LogP contribution in [0.2, 0.25) is 0 Å². The third-order valence-electron chi connectivity index (χ3n) is 2.34. The Morgan fingerprint density at radius 2 is 2.14 bits per heavy atom. The molecule has 3 heteroatoms. The molecular weight excluding hydrogens is 176 g/mol. The highest BCUT2D eigenvalue weighted by Crippen LogP contribution is 2.26. The smallest absolute Gasteiger partial charge is 0.0630 e. The molecule has 0 spiro atoms. The van der Waals surface area contributed by atoms with Crippen molar-refractivity contribution in [2.24, 2.45) is 0 Å². The van der Waals surface area contributed by atoms with E-state index in [4.69, 9.17) is 10.8 Å². The predicted octanol–water partition coefficient (Wildman–Crippen LogP) is 1.40. The van der Waals surface area contributed by atoms with Gasteiger partial charge in [0, 0.05) is 13.1 Å². The zero-order chi connectivity index (χ0) is 10.6. The van der Waals surface area contributed by atoms with Crippen LogP contribution >= 0.6 is 0 Å². The van der Waals surface area contributed by atoms with Crippen molar-refractivity contribution < 1.29 is 5.11 Å². The summed E-state index contributed by atoms with van der Waals surface area (Å²) in [6, 6.07) is 5.87. The number of aliphatic hydroxyl groups is 1. The highest BCUT2D eigenvalue weighted by Gasteiger charge is 2.09. The number of anilines is 2. The summed E-state index contributed by atoms with van der Waals surface area (Å²) in [4.78, 5) is 2.09. The van der Waals surface area contributed by atoms with E-state index in [2.05, 4.69) is 11.8 Å². The van der Waals surface area contributed by atoms with Gasteiger partial charge in [-0.3, -0.25) is 0 Å². The average molecular weight is 194 g/mol. The lowest BCUT2D eigenvalue weighted by atomic mass is 10.1. The Morgan fingerprint density at radius 3 is 2.64 bits per heavy atom. The molecule has 1 aromatic carbocycles. The van der Waals surface area contributed by atoms with Crippen LogP contribution < -0.4 is 10.6 Å². The lowest BCUT2D eigenvalue weighted by Gasteiger charge is -2.25. The Hall–Kier alpha value is -1.22. The Bertz CT molecular complexity index is 279. The second-order valence-corrected chi connectivity index (χ2v) is 3.32. The molecule has 1 aromatic rings. The van der Waals surface area contributed by atoms with Gasteiger partial charge in [-0.2, -0.15) is 0 Å². The van der Waals surface area contributed by atoms with Gasteiger partial charge in [0.05, 0.1) is 18.0 Å². The first-order valence-corrected chi connectivity index (χ1v) is 4.91. The van der Waals surface area contributed by atoms with Crippen LogP contribution in [-0.2, 0) is 0 Å². The van der Waals surface area contributed by atoms with Gasteiger partial charge in [-0.15, -0.1) is 0 Å². The van der Waals surface area contributed by atoms with Crippen LogP contribution in [0, 0.1) is 6.92 Å². The molecule has 0 aliphatic carbocycles. The highest BCUT2D eigenvalue weighted by molar-refractivity contribution is 5.71. The number of hydrogen-bond acceptors (Lipinski definition) is 3. The lowest BCUT2D eigenvalue weighted by Crippen LogP contribution is -2.27. The van der Waals surface area contributed by atoms with Crippen LogP contribution in [0.5, 0.6) is 0 Å². The van der Waals surface area contributed by atoms with Gasteiger partial charge in [-0.05, 0) is 25.5 Å². The highest BCUT2D eigenvalue weighted by atomic mass is 16.3. The quantitative estimate of drug-likeness (QED) is 0.712. The average Bonchev–Trinajstić information content (AvgIpc) is 2.16. The molecule has 0 bridgehead atoms. The molecule has 0 unspecified atom stereocenters. The first kappa shape index (κ1) is 10.9. The summed E-state index contributed by atoms with van der Waals surface area (Å²) >= 11 is 0. The number of hydrogen-bond donors (Lipinski definition) is 2. The van der Waals surface area contributed by atoms with Crippen LogP contribution in [0.4, 0.5) is 11.4 Å². The van der Waals surface area contributed by atoms with Crippen molar-refractivity contribution in [2.45, 2.75) is 13.8 Å². The maximum absolute atomic E-state index is 8.93. The molecule has 0 aliphatic rings. The number of likely N-dealkylation sites (N-methyl/N-ethyl adjacent to an activating group) is 1. The zero-order valence-corrected chi connectivity index (χ0v) is 8.83. The van der Waals surface area contributed by atoms with Crippen LogP contribution in [0.1, 0.15) is 12.5 Å². The van der Waals surface area contributed by atoms with E-state index < -0.39 is 0 Å². The third-order valence-corrected chi connectivity index (χ3v) is 2.34. The fourth-order valence-corrected chi connectivity index (χ4v) is 1.66. The number of rotatable bonds is 4. The molecule has 0 saturated carbocycles. The second-order valence-electron chi connectivity index (χ2n) is 3.32. The van der Waals surface area contributed by atoms with Crippen molar-refractivity contribution in [1.29, 1.82) is 0 Å². The minimum absolute atomic E-state index is 0.154. The summed E-state index contributed by atoms with van der Waals surface area (Å²) in [6.45, 7) is 5.73. The molecule has 3 N–H and O–H groups in total. The molecular formula is C11H18N2O. The van der Waals surface area contributed by atoms with Crippen LogP contribution in [0.15, 0.2) is 18.2 Å². The van der Waals surface area contributed by atoms with Crippen molar-refractivity contribution in [3.8, 4) is 0 Å². The van der Waals surface area contributed by atoms with Gasteiger partial charge in [0.1, 0.15) is 0 Å². The van der Waals surface area contributed by atoms with Crippen molar-refractivity contribution in [1.82, 2.24) is 0 Å². The first-order chi connectivity index (χ1) is 6.70. The summed E-state index contributed by atoms with van der Waals surface area (Å²) in [5.41, 5.74) is 8.88. The minimum Gasteiger partial charge on any atom is -0.397 e. The molecule has 1 rings (SSSR count). The first-order valence-electron chi connectivity index (χ1n) is 4.91. The topological polar surface area (TPSA) is 49.5 Å². The monoisotopic (exact) mass is 194 g/mol. The van der Waals surface area contributed by atoms with E-state index in [0.29, 0.717) is 6.54 Å². The van der Waals surface area contributed by atoms with E-state index in [1.807, 2.05) is 25.1 Å². The van der Waals surface area contributed by atoms with Crippen molar-refractivity contribution in [2.75, 3.05) is 30.3 Å².